The van der Waals surface area contributed by atoms with Crippen LogP contribution in [0.3, 0.4) is 0 Å². The molecule has 16 heavy (non-hydrogen) atoms. The minimum atomic E-state index is -0.495. The molecular weight excluding hydrogens is 200 g/mol. The first kappa shape index (κ1) is 10.9. The Bertz CT molecular complexity index is 448. The fourth-order valence-electron chi connectivity index (χ4n) is 1.56. The Morgan fingerprint density at radius 1 is 1.12 bits per heavy atom. The summed E-state index contributed by atoms with van der Waals surface area (Å²) in [5.41, 5.74) is 1.73. The summed E-state index contributed by atoms with van der Waals surface area (Å²) in [5, 5.41) is 14.3. The maximum absolute atomic E-state index is 9.88. The largest absolute Gasteiger partial charge is 0.386 e. The molecule has 2 aromatic rings. The van der Waals surface area contributed by atoms with Crippen LogP contribution in [0.4, 0.5) is 0 Å². The van der Waals surface area contributed by atoms with Crippen LogP contribution in [-0.4, -0.2) is 14.9 Å². The molecule has 0 radical (unpaired) electrons. The molecule has 1 N–H and O–H groups in total. The van der Waals surface area contributed by atoms with E-state index in [-0.39, 0.29) is 5.92 Å². The molecule has 0 spiro atoms. The lowest BCUT2D eigenvalue weighted by Gasteiger charge is -2.10. The summed E-state index contributed by atoms with van der Waals surface area (Å²) in [6, 6.07) is 11.7. The molecule has 1 aromatic carbocycles. The van der Waals surface area contributed by atoms with Gasteiger partial charge in [0.2, 0.25) is 0 Å². The van der Waals surface area contributed by atoms with E-state index in [4.69, 9.17) is 0 Å². The predicted octanol–water partition coefficient (Wildman–Crippen LogP) is 2.56. The summed E-state index contributed by atoms with van der Waals surface area (Å²) in [7, 11) is 0. The standard InChI is InChI=1S/C13H16N2O/c1-10(2)13(16)12-8-9-15(14-12)11-6-4-3-5-7-11/h3-10,13,16H,1-2H3. The van der Waals surface area contributed by atoms with E-state index in [1.54, 1.807) is 4.68 Å². The van der Waals surface area contributed by atoms with Crippen LogP contribution in [0.1, 0.15) is 25.6 Å². The van der Waals surface area contributed by atoms with Gasteiger partial charge < -0.3 is 5.11 Å². The molecule has 0 aliphatic rings. The molecule has 0 amide bonds. The highest BCUT2D eigenvalue weighted by molar-refractivity contribution is 5.30. The molecule has 0 aliphatic heterocycles. The van der Waals surface area contributed by atoms with Crippen molar-refractivity contribution in [2.24, 2.45) is 5.92 Å². The van der Waals surface area contributed by atoms with Gasteiger partial charge in [-0.05, 0) is 24.1 Å². The Hall–Kier alpha value is -1.61. The molecule has 1 aromatic heterocycles. The number of nitrogens with zero attached hydrogens (tertiary/aromatic N) is 2. The lowest BCUT2D eigenvalue weighted by Crippen LogP contribution is -2.07. The average molecular weight is 216 g/mol. The number of rotatable bonds is 3. The molecule has 0 saturated heterocycles. The third kappa shape index (κ3) is 2.14. The zero-order chi connectivity index (χ0) is 11.5. The third-order valence-electron chi connectivity index (χ3n) is 2.56. The topological polar surface area (TPSA) is 38.0 Å². The van der Waals surface area contributed by atoms with Crippen LogP contribution in [0.5, 0.6) is 0 Å². The average Bonchev–Trinajstić information content (AvgIpc) is 2.78. The minimum Gasteiger partial charge on any atom is -0.386 e. The number of hydrogen-bond donors (Lipinski definition) is 1. The van der Waals surface area contributed by atoms with E-state index in [0.717, 1.165) is 11.4 Å². The highest BCUT2D eigenvalue weighted by Gasteiger charge is 2.14. The smallest absolute Gasteiger partial charge is 0.100 e. The Balaban J connectivity index is 2.27. The normalized spacial score (nSPS) is 13.0. The van der Waals surface area contributed by atoms with Gasteiger partial charge in [0, 0.05) is 6.20 Å². The van der Waals surface area contributed by atoms with Crippen LogP contribution in [0.2, 0.25) is 0 Å². The Labute approximate surface area is 95.3 Å². The van der Waals surface area contributed by atoms with E-state index in [2.05, 4.69) is 5.10 Å². The maximum Gasteiger partial charge on any atom is 0.100 e. The highest BCUT2D eigenvalue weighted by atomic mass is 16.3. The lowest BCUT2D eigenvalue weighted by atomic mass is 10.1. The number of aromatic nitrogens is 2. The molecule has 3 heteroatoms. The molecule has 0 fully saturated rings. The molecule has 1 heterocycles. The van der Waals surface area contributed by atoms with Crippen molar-refractivity contribution in [3.63, 3.8) is 0 Å². The molecule has 0 aliphatic carbocycles. The van der Waals surface area contributed by atoms with Crippen LogP contribution in [0, 0.1) is 5.92 Å². The van der Waals surface area contributed by atoms with Gasteiger partial charge in [-0.25, -0.2) is 4.68 Å². The number of para-hydroxylation sites is 1. The predicted molar refractivity (Wildman–Crippen MR) is 63.4 cm³/mol. The van der Waals surface area contributed by atoms with E-state index in [9.17, 15) is 5.11 Å². The number of aliphatic hydroxyl groups excluding tert-OH is 1. The van der Waals surface area contributed by atoms with Gasteiger partial charge in [-0.1, -0.05) is 32.0 Å². The minimum absolute atomic E-state index is 0.180. The van der Waals surface area contributed by atoms with Crippen molar-refractivity contribution in [2.75, 3.05) is 0 Å². The molecule has 0 saturated carbocycles. The fourth-order valence-corrected chi connectivity index (χ4v) is 1.56. The van der Waals surface area contributed by atoms with Gasteiger partial charge >= 0.3 is 0 Å². The molecule has 2 rings (SSSR count). The van der Waals surface area contributed by atoms with Gasteiger partial charge in [0.15, 0.2) is 0 Å². The summed E-state index contributed by atoms with van der Waals surface area (Å²) in [6.07, 6.45) is 1.38. The van der Waals surface area contributed by atoms with E-state index in [1.165, 1.54) is 0 Å². The van der Waals surface area contributed by atoms with E-state index < -0.39 is 6.10 Å². The second-order valence-corrected chi connectivity index (χ2v) is 4.21. The second-order valence-electron chi connectivity index (χ2n) is 4.21. The van der Waals surface area contributed by atoms with Crippen molar-refractivity contribution in [1.82, 2.24) is 9.78 Å². The monoisotopic (exact) mass is 216 g/mol. The Kier molecular flexibility index (Phi) is 3.06. The first-order chi connectivity index (χ1) is 7.68. The highest BCUT2D eigenvalue weighted by Crippen LogP contribution is 2.20. The van der Waals surface area contributed by atoms with E-state index in [0.29, 0.717) is 0 Å². The zero-order valence-electron chi connectivity index (χ0n) is 9.54. The lowest BCUT2D eigenvalue weighted by molar-refractivity contribution is 0.122. The van der Waals surface area contributed by atoms with Crippen LogP contribution < -0.4 is 0 Å². The summed E-state index contributed by atoms with van der Waals surface area (Å²) in [5.74, 6) is 0.180. The first-order valence-corrected chi connectivity index (χ1v) is 5.47. The van der Waals surface area contributed by atoms with Gasteiger partial charge in [0.1, 0.15) is 6.10 Å². The number of hydrogen-bond acceptors (Lipinski definition) is 2. The van der Waals surface area contributed by atoms with Gasteiger partial charge in [-0.2, -0.15) is 5.10 Å². The second kappa shape index (κ2) is 4.49. The summed E-state index contributed by atoms with van der Waals surface area (Å²) in [6.45, 7) is 3.96. The molecule has 0 bridgehead atoms. The Morgan fingerprint density at radius 2 is 1.81 bits per heavy atom. The molecular formula is C13H16N2O. The Morgan fingerprint density at radius 3 is 2.44 bits per heavy atom. The molecule has 84 valence electrons. The summed E-state index contributed by atoms with van der Waals surface area (Å²) < 4.78 is 1.78. The first-order valence-electron chi connectivity index (χ1n) is 5.47. The quantitative estimate of drug-likeness (QED) is 0.856. The fraction of sp³-hybridized carbons (Fsp3) is 0.308. The van der Waals surface area contributed by atoms with E-state index in [1.807, 2.05) is 56.4 Å². The van der Waals surface area contributed by atoms with Crippen molar-refractivity contribution >= 4 is 0 Å². The van der Waals surface area contributed by atoms with Crippen LogP contribution in [-0.2, 0) is 0 Å². The van der Waals surface area contributed by atoms with Crippen molar-refractivity contribution < 1.29 is 5.11 Å². The van der Waals surface area contributed by atoms with E-state index >= 15 is 0 Å². The van der Waals surface area contributed by atoms with Crippen molar-refractivity contribution in [3.05, 3.63) is 48.3 Å². The zero-order valence-corrected chi connectivity index (χ0v) is 9.54. The van der Waals surface area contributed by atoms with Gasteiger partial charge in [-0.3, -0.25) is 0 Å². The van der Waals surface area contributed by atoms with Gasteiger partial charge in [0.25, 0.3) is 0 Å². The molecule has 1 unspecified atom stereocenters. The SMILES string of the molecule is CC(C)C(O)c1ccn(-c2ccccc2)n1. The molecule has 3 nitrogen and oxygen atoms in total. The van der Waals surface area contributed by atoms with Crippen molar-refractivity contribution in [1.29, 1.82) is 0 Å². The van der Waals surface area contributed by atoms with Crippen molar-refractivity contribution in [3.8, 4) is 5.69 Å². The summed E-state index contributed by atoms with van der Waals surface area (Å²) >= 11 is 0. The molecule has 1 atom stereocenters. The van der Waals surface area contributed by atoms with Crippen molar-refractivity contribution in [2.45, 2.75) is 20.0 Å². The van der Waals surface area contributed by atoms with Gasteiger partial charge in [0.05, 0.1) is 11.4 Å². The van der Waals surface area contributed by atoms with Crippen LogP contribution in [0.25, 0.3) is 5.69 Å². The maximum atomic E-state index is 9.88. The summed E-state index contributed by atoms with van der Waals surface area (Å²) in [4.78, 5) is 0. The third-order valence-corrected chi connectivity index (χ3v) is 2.56. The van der Waals surface area contributed by atoms with Crippen LogP contribution in [0.15, 0.2) is 42.6 Å². The van der Waals surface area contributed by atoms with Gasteiger partial charge in [-0.15, -0.1) is 0 Å². The van der Waals surface area contributed by atoms with Crippen LogP contribution >= 0.6 is 0 Å². The number of benzene rings is 1. The number of aliphatic hydroxyl groups is 1.